The van der Waals surface area contributed by atoms with E-state index in [1.807, 2.05) is 36.4 Å². The Hall–Kier alpha value is -3.55. The fraction of sp³-hybridized carbons (Fsp3) is 0.250. The molecule has 0 unspecified atom stereocenters. The summed E-state index contributed by atoms with van der Waals surface area (Å²) in [5, 5.41) is 0.403. The van der Waals surface area contributed by atoms with Crippen molar-refractivity contribution in [2.24, 2.45) is 0 Å². The summed E-state index contributed by atoms with van der Waals surface area (Å²) in [5.74, 6) is 1.04. The highest BCUT2D eigenvalue weighted by Crippen LogP contribution is 2.35. The Morgan fingerprint density at radius 2 is 1.72 bits per heavy atom. The molecule has 0 bridgehead atoms. The van der Waals surface area contributed by atoms with E-state index in [0.29, 0.717) is 42.1 Å². The van der Waals surface area contributed by atoms with Crippen LogP contribution >= 0.6 is 0 Å². The van der Waals surface area contributed by atoms with E-state index in [4.69, 9.17) is 0 Å². The molecule has 0 saturated carbocycles. The number of halogens is 3. The van der Waals surface area contributed by atoms with Crippen molar-refractivity contribution in [3.05, 3.63) is 77.1 Å². The van der Waals surface area contributed by atoms with E-state index in [9.17, 15) is 13.2 Å². The van der Waals surface area contributed by atoms with Gasteiger partial charge >= 0.3 is 6.18 Å². The van der Waals surface area contributed by atoms with Gasteiger partial charge in [-0.2, -0.15) is 13.2 Å². The number of aryl methyl sites for hydroxylation is 2. The molecule has 5 nitrogen and oxygen atoms in total. The minimum atomic E-state index is -4.42. The van der Waals surface area contributed by atoms with Crippen LogP contribution in [0.3, 0.4) is 0 Å². The van der Waals surface area contributed by atoms with Gasteiger partial charge in [0, 0.05) is 59.8 Å². The van der Waals surface area contributed by atoms with E-state index in [-0.39, 0.29) is 0 Å². The summed E-state index contributed by atoms with van der Waals surface area (Å²) in [6.45, 7) is 4.82. The Balaban J connectivity index is 1.55. The molecule has 0 radical (unpaired) electrons. The van der Waals surface area contributed by atoms with Crippen LogP contribution in [0.5, 0.6) is 0 Å². The average molecular weight is 435 g/mol. The van der Waals surface area contributed by atoms with Gasteiger partial charge in [0.1, 0.15) is 11.6 Å². The molecule has 1 aliphatic rings. The minimum Gasteiger partial charge on any atom is -0.351 e. The summed E-state index contributed by atoms with van der Waals surface area (Å²) < 4.78 is 40.0. The molecule has 32 heavy (non-hydrogen) atoms. The number of pyridine rings is 2. The zero-order valence-corrected chi connectivity index (χ0v) is 17.6. The van der Waals surface area contributed by atoms with Crippen LogP contribution in [-0.2, 0) is 19.1 Å². The van der Waals surface area contributed by atoms with Gasteiger partial charge in [-0.1, -0.05) is 6.07 Å². The lowest BCUT2D eigenvalue weighted by molar-refractivity contribution is -0.137. The first kappa shape index (κ1) is 20.4. The fourth-order valence-corrected chi connectivity index (χ4v) is 4.05. The Morgan fingerprint density at radius 1 is 0.906 bits per heavy atom. The SMILES string of the molecule is Cc1ccc(-c2cnc3c(c2)CN(c2nc(C)nc4ccc(C(F)(F)F)cc24)CC3)cn1. The van der Waals surface area contributed by atoms with Gasteiger partial charge in [0.05, 0.1) is 11.1 Å². The van der Waals surface area contributed by atoms with Crippen LogP contribution < -0.4 is 4.90 Å². The lowest BCUT2D eigenvalue weighted by Crippen LogP contribution is -2.32. The molecule has 0 spiro atoms. The molecule has 0 fully saturated rings. The van der Waals surface area contributed by atoms with Crippen molar-refractivity contribution in [2.45, 2.75) is 33.0 Å². The first-order valence-corrected chi connectivity index (χ1v) is 10.3. The van der Waals surface area contributed by atoms with Crippen molar-refractivity contribution in [1.82, 2.24) is 19.9 Å². The first-order chi connectivity index (χ1) is 15.3. The van der Waals surface area contributed by atoms with E-state index in [2.05, 4.69) is 26.0 Å². The molecular weight excluding hydrogens is 415 g/mol. The van der Waals surface area contributed by atoms with E-state index in [0.717, 1.165) is 40.2 Å². The summed E-state index contributed by atoms with van der Waals surface area (Å²) in [6, 6.07) is 9.67. The summed E-state index contributed by atoms with van der Waals surface area (Å²) in [7, 11) is 0. The van der Waals surface area contributed by atoms with Crippen molar-refractivity contribution in [3.8, 4) is 11.1 Å². The van der Waals surface area contributed by atoms with Crippen molar-refractivity contribution >= 4 is 16.7 Å². The molecule has 1 aliphatic heterocycles. The lowest BCUT2D eigenvalue weighted by Gasteiger charge is -2.30. The first-order valence-electron chi connectivity index (χ1n) is 10.3. The zero-order chi connectivity index (χ0) is 22.5. The molecule has 162 valence electrons. The van der Waals surface area contributed by atoms with Crippen LogP contribution in [-0.4, -0.2) is 26.5 Å². The second kappa shape index (κ2) is 7.55. The Labute approximate surface area is 183 Å². The third-order valence-corrected chi connectivity index (χ3v) is 5.70. The highest BCUT2D eigenvalue weighted by molar-refractivity contribution is 5.90. The van der Waals surface area contributed by atoms with E-state index >= 15 is 0 Å². The predicted molar refractivity (Wildman–Crippen MR) is 116 cm³/mol. The van der Waals surface area contributed by atoms with Gasteiger partial charge in [-0.15, -0.1) is 0 Å². The maximum Gasteiger partial charge on any atom is 0.416 e. The molecule has 8 heteroatoms. The van der Waals surface area contributed by atoms with Gasteiger partial charge in [-0.05, 0) is 49.7 Å². The number of hydrogen-bond acceptors (Lipinski definition) is 5. The van der Waals surface area contributed by atoms with Gasteiger partial charge in [-0.25, -0.2) is 9.97 Å². The van der Waals surface area contributed by atoms with Crippen molar-refractivity contribution < 1.29 is 13.2 Å². The molecule has 1 aromatic carbocycles. The molecule has 4 aromatic rings. The average Bonchev–Trinajstić information content (AvgIpc) is 2.77. The summed E-state index contributed by atoms with van der Waals surface area (Å²) in [6.07, 6.45) is -0.0724. The molecule has 0 amide bonds. The normalized spacial score (nSPS) is 14.0. The predicted octanol–water partition coefficient (Wildman–Crippen LogP) is 5.29. The quantitative estimate of drug-likeness (QED) is 0.429. The largest absolute Gasteiger partial charge is 0.416 e. The highest BCUT2D eigenvalue weighted by atomic mass is 19.4. The van der Waals surface area contributed by atoms with E-state index in [1.54, 1.807) is 6.92 Å². The number of anilines is 1. The van der Waals surface area contributed by atoms with Crippen LogP contribution in [0.25, 0.3) is 22.0 Å². The monoisotopic (exact) mass is 435 g/mol. The topological polar surface area (TPSA) is 54.8 Å². The lowest BCUT2D eigenvalue weighted by atomic mass is 10.0. The number of alkyl halides is 3. The zero-order valence-electron chi connectivity index (χ0n) is 17.6. The van der Waals surface area contributed by atoms with Crippen LogP contribution in [0.15, 0.2) is 48.8 Å². The second-order valence-electron chi connectivity index (χ2n) is 8.01. The maximum atomic E-state index is 13.3. The van der Waals surface area contributed by atoms with E-state index < -0.39 is 11.7 Å². The highest BCUT2D eigenvalue weighted by Gasteiger charge is 2.31. The number of rotatable bonds is 2. The standard InChI is InChI=1S/C24H20F3N5/c1-14-3-4-16(11-28-14)17-9-18-13-32(8-7-21(18)29-12-17)23-20-10-19(24(25,26)27)5-6-22(20)30-15(2)31-23/h3-6,9-12H,7-8,13H2,1-2H3. The number of aromatic nitrogens is 4. The Bertz CT molecular complexity index is 1320. The third-order valence-electron chi connectivity index (χ3n) is 5.70. The van der Waals surface area contributed by atoms with E-state index in [1.165, 1.54) is 6.07 Å². The van der Waals surface area contributed by atoms with Crippen molar-refractivity contribution in [1.29, 1.82) is 0 Å². The summed E-state index contributed by atoms with van der Waals surface area (Å²) >= 11 is 0. The minimum absolute atomic E-state index is 0.403. The molecule has 0 saturated heterocycles. The molecule has 4 heterocycles. The van der Waals surface area contributed by atoms with Gasteiger partial charge in [0.25, 0.3) is 0 Å². The fourth-order valence-electron chi connectivity index (χ4n) is 4.05. The smallest absolute Gasteiger partial charge is 0.351 e. The van der Waals surface area contributed by atoms with Crippen LogP contribution in [0.2, 0.25) is 0 Å². The molecule has 0 N–H and O–H groups in total. The number of benzene rings is 1. The Kier molecular flexibility index (Phi) is 4.80. The van der Waals surface area contributed by atoms with Gasteiger partial charge in [0.15, 0.2) is 0 Å². The number of nitrogens with zero attached hydrogens (tertiary/aromatic N) is 5. The molecule has 0 aliphatic carbocycles. The summed E-state index contributed by atoms with van der Waals surface area (Å²) in [4.78, 5) is 19.9. The Morgan fingerprint density at radius 3 is 2.47 bits per heavy atom. The molecule has 5 rings (SSSR count). The number of hydrogen-bond donors (Lipinski definition) is 0. The second-order valence-corrected chi connectivity index (χ2v) is 8.01. The molecule has 0 atom stereocenters. The van der Waals surface area contributed by atoms with Gasteiger partial charge < -0.3 is 4.90 Å². The van der Waals surface area contributed by atoms with Crippen LogP contribution in [0.1, 0.15) is 28.3 Å². The maximum absolute atomic E-state index is 13.3. The van der Waals surface area contributed by atoms with Crippen molar-refractivity contribution in [3.63, 3.8) is 0 Å². The summed E-state index contributed by atoms with van der Waals surface area (Å²) in [5.41, 5.74) is 4.70. The number of fused-ring (bicyclic) bond motifs is 2. The van der Waals surface area contributed by atoms with Crippen LogP contribution in [0, 0.1) is 13.8 Å². The third kappa shape index (κ3) is 3.77. The van der Waals surface area contributed by atoms with Crippen LogP contribution in [0.4, 0.5) is 19.0 Å². The van der Waals surface area contributed by atoms with Gasteiger partial charge in [-0.3, -0.25) is 9.97 Å². The molecular formula is C24H20F3N5. The van der Waals surface area contributed by atoms with Crippen molar-refractivity contribution in [2.75, 3.05) is 11.4 Å². The molecule has 3 aromatic heterocycles. The van der Waals surface area contributed by atoms with Gasteiger partial charge in [0.2, 0.25) is 0 Å².